The van der Waals surface area contributed by atoms with Gasteiger partial charge in [0.25, 0.3) is 0 Å². The SMILES string of the molecule is CCc1oc2ccccc2c1CNc1ccc(O)cc1. The molecule has 3 rings (SSSR count). The molecule has 0 unspecified atom stereocenters. The number of aryl methyl sites for hydroxylation is 1. The Balaban J connectivity index is 1.88. The smallest absolute Gasteiger partial charge is 0.134 e. The van der Waals surface area contributed by atoms with Gasteiger partial charge in [-0.25, -0.2) is 0 Å². The van der Waals surface area contributed by atoms with Crippen LogP contribution in [0, 0.1) is 0 Å². The molecule has 0 spiro atoms. The number of anilines is 1. The van der Waals surface area contributed by atoms with Crippen molar-refractivity contribution in [3.05, 3.63) is 59.9 Å². The minimum absolute atomic E-state index is 0.276. The van der Waals surface area contributed by atoms with E-state index in [0.717, 1.165) is 28.8 Å². The van der Waals surface area contributed by atoms with E-state index in [2.05, 4.69) is 18.3 Å². The quantitative estimate of drug-likeness (QED) is 0.692. The average molecular weight is 267 g/mol. The van der Waals surface area contributed by atoms with E-state index in [0.29, 0.717) is 6.54 Å². The molecule has 0 saturated carbocycles. The zero-order chi connectivity index (χ0) is 13.9. The predicted molar refractivity (Wildman–Crippen MR) is 81.0 cm³/mol. The van der Waals surface area contributed by atoms with Gasteiger partial charge in [0.05, 0.1) is 0 Å². The zero-order valence-corrected chi connectivity index (χ0v) is 11.4. The highest BCUT2D eigenvalue weighted by Crippen LogP contribution is 2.27. The van der Waals surface area contributed by atoms with Gasteiger partial charge < -0.3 is 14.8 Å². The molecule has 0 radical (unpaired) electrons. The lowest BCUT2D eigenvalue weighted by molar-refractivity contribution is 0.475. The van der Waals surface area contributed by atoms with Crippen LogP contribution in [0.2, 0.25) is 0 Å². The number of phenolic OH excluding ortho intramolecular Hbond substituents is 1. The van der Waals surface area contributed by atoms with Gasteiger partial charge in [0.15, 0.2) is 0 Å². The van der Waals surface area contributed by atoms with Gasteiger partial charge in [-0.2, -0.15) is 0 Å². The van der Waals surface area contributed by atoms with E-state index in [9.17, 15) is 5.11 Å². The number of hydrogen-bond donors (Lipinski definition) is 2. The summed E-state index contributed by atoms with van der Waals surface area (Å²) < 4.78 is 5.88. The van der Waals surface area contributed by atoms with Crippen LogP contribution in [0.15, 0.2) is 52.9 Å². The molecule has 1 aromatic heterocycles. The summed E-state index contributed by atoms with van der Waals surface area (Å²) in [6.07, 6.45) is 0.876. The van der Waals surface area contributed by atoms with Crippen LogP contribution in [-0.4, -0.2) is 5.11 Å². The van der Waals surface area contributed by atoms with Crippen molar-refractivity contribution in [2.75, 3.05) is 5.32 Å². The van der Waals surface area contributed by atoms with Crippen molar-refractivity contribution in [3.8, 4) is 5.75 Å². The topological polar surface area (TPSA) is 45.4 Å². The third kappa shape index (κ3) is 2.35. The monoisotopic (exact) mass is 267 g/mol. The van der Waals surface area contributed by atoms with Crippen LogP contribution < -0.4 is 5.32 Å². The molecule has 0 bridgehead atoms. The van der Waals surface area contributed by atoms with E-state index < -0.39 is 0 Å². The second kappa shape index (κ2) is 5.29. The van der Waals surface area contributed by atoms with Crippen molar-refractivity contribution in [3.63, 3.8) is 0 Å². The number of fused-ring (bicyclic) bond motifs is 1. The van der Waals surface area contributed by atoms with Crippen molar-refractivity contribution in [1.29, 1.82) is 0 Å². The summed E-state index contributed by atoms with van der Waals surface area (Å²) >= 11 is 0. The Labute approximate surface area is 117 Å². The summed E-state index contributed by atoms with van der Waals surface area (Å²) in [7, 11) is 0. The Bertz CT molecular complexity index is 713. The van der Waals surface area contributed by atoms with Crippen molar-refractivity contribution < 1.29 is 9.52 Å². The molecule has 2 N–H and O–H groups in total. The number of furan rings is 1. The highest BCUT2D eigenvalue weighted by atomic mass is 16.3. The summed E-state index contributed by atoms with van der Waals surface area (Å²) in [6, 6.07) is 15.2. The van der Waals surface area contributed by atoms with Gasteiger partial charge in [0.1, 0.15) is 17.1 Å². The molecule has 3 aromatic rings. The van der Waals surface area contributed by atoms with Crippen LogP contribution in [0.4, 0.5) is 5.69 Å². The molecule has 3 nitrogen and oxygen atoms in total. The van der Waals surface area contributed by atoms with Crippen LogP contribution in [0.3, 0.4) is 0 Å². The lowest BCUT2D eigenvalue weighted by Gasteiger charge is -2.06. The molecule has 1 heterocycles. The third-order valence-electron chi connectivity index (χ3n) is 3.44. The first-order valence-electron chi connectivity index (χ1n) is 6.80. The standard InChI is InChI=1S/C17H17NO2/c1-2-16-15(14-5-3-4-6-17(14)20-16)11-18-12-7-9-13(19)10-8-12/h3-10,18-19H,2,11H2,1H3. The molecule has 0 aliphatic rings. The second-order valence-corrected chi connectivity index (χ2v) is 4.75. The Hall–Kier alpha value is -2.42. The fourth-order valence-electron chi connectivity index (χ4n) is 2.40. The Morgan fingerprint density at radius 1 is 1.05 bits per heavy atom. The molecule has 102 valence electrons. The lowest BCUT2D eigenvalue weighted by Crippen LogP contribution is -2.00. The summed E-state index contributed by atoms with van der Waals surface area (Å²) in [5, 5.41) is 13.8. The Kier molecular flexibility index (Phi) is 3.33. The van der Waals surface area contributed by atoms with E-state index >= 15 is 0 Å². The summed E-state index contributed by atoms with van der Waals surface area (Å²) in [6.45, 7) is 2.81. The van der Waals surface area contributed by atoms with Crippen LogP contribution in [-0.2, 0) is 13.0 Å². The van der Waals surface area contributed by atoms with Crippen molar-refractivity contribution in [1.82, 2.24) is 0 Å². The summed E-state index contributed by atoms with van der Waals surface area (Å²) in [5.41, 5.74) is 3.12. The van der Waals surface area contributed by atoms with Gasteiger partial charge in [-0.05, 0) is 30.3 Å². The molecule has 0 amide bonds. The molecule has 0 saturated heterocycles. The Morgan fingerprint density at radius 3 is 2.55 bits per heavy atom. The predicted octanol–water partition coefficient (Wildman–Crippen LogP) is 4.31. The number of nitrogens with one attached hydrogen (secondary N) is 1. The number of rotatable bonds is 4. The van der Waals surface area contributed by atoms with Gasteiger partial charge >= 0.3 is 0 Å². The first kappa shape index (κ1) is 12.6. The molecular formula is C17H17NO2. The maximum absolute atomic E-state index is 9.29. The number of para-hydroxylation sites is 1. The first-order valence-corrected chi connectivity index (χ1v) is 6.80. The number of benzene rings is 2. The molecular weight excluding hydrogens is 250 g/mol. The van der Waals surface area contributed by atoms with E-state index in [1.165, 1.54) is 5.56 Å². The highest BCUT2D eigenvalue weighted by Gasteiger charge is 2.11. The van der Waals surface area contributed by atoms with E-state index in [4.69, 9.17) is 4.42 Å². The highest BCUT2D eigenvalue weighted by molar-refractivity contribution is 5.82. The van der Waals surface area contributed by atoms with E-state index in [-0.39, 0.29) is 5.75 Å². The lowest BCUT2D eigenvalue weighted by atomic mass is 10.1. The minimum atomic E-state index is 0.276. The second-order valence-electron chi connectivity index (χ2n) is 4.75. The molecule has 0 atom stereocenters. The minimum Gasteiger partial charge on any atom is -0.508 e. The molecule has 3 heteroatoms. The van der Waals surface area contributed by atoms with Gasteiger partial charge in [0, 0.05) is 29.6 Å². The molecule has 2 aromatic carbocycles. The summed E-state index contributed by atoms with van der Waals surface area (Å²) in [4.78, 5) is 0. The van der Waals surface area contributed by atoms with Crippen LogP contribution in [0.1, 0.15) is 18.2 Å². The van der Waals surface area contributed by atoms with Crippen molar-refractivity contribution >= 4 is 16.7 Å². The molecule has 0 aliphatic heterocycles. The fraction of sp³-hybridized carbons (Fsp3) is 0.176. The largest absolute Gasteiger partial charge is 0.508 e. The van der Waals surface area contributed by atoms with Gasteiger partial charge in [-0.1, -0.05) is 25.1 Å². The van der Waals surface area contributed by atoms with E-state index in [1.807, 2.05) is 30.3 Å². The maximum atomic E-state index is 9.29. The fourth-order valence-corrected chi connectivity index (χ4v) is 2.40. The number of hydrogen-bond acceptors (Lipinski definition) is 3. The molecule has 20 heavy (non-hydrogen) atoms. The van der Waals surface area contributed by atoms with Gasteiger partial charge in [-0.3, -0.25) is 0 Å². The van der Waals surface area contributed by atoms with Crippen LogP contribution >= 0.6 is 0 Å². The van der Waals surface area contributed by atoms with Crippen LogP contribution in [0.5, 0.6) is 5.75 Å². The third-order valence-corrected chi connectivity index (χ3v) is 3.44. The molecule has 0 fully saturated rings. The van der Waals surface area contributed by atoms with Crippen molar-refractivity contribution in [2.24, 2.45) is 0 Å². The summed E-state index contributed by atoms with van der Waals surface area (Å²) in [5.74, 6) is 1.30. The zero-order valence-electron chi connectivity index (χ0n) is 11.4. The first-order chi connectivity index (χ1) is 9.78. The van der Waals surface area contributed by atoms with E-state index in [1.54, 1.807) is 12.1 Å². The average Bonchev–Trinajstić information content (AvgIpc) is 2.84. The van der Waals surface area contributed by atoms with Crippen LogP contribution in [0.25, 0.3) is 11.0 Å². The van der Waals surface area contributed by atoms with Crippen molar-refractivity contribution in [2.45, 2.75) is 19.9 Å². The van der Waals surface area contributed by atoms with Gasteiger partial charge in [0.2, 0.25) is 0 Å². The van der Waals surface area contributed by atoms with Gasteiger partial charge in [-0.15, -0.1) is 0 Å². The Morgan fingerprint density at radius 2 is 1.80 bits per heavy atom. The number of aromatic hydroxyl groups is 1. The number of phenols is 1. The maximum Gasteiger partial charge on any atom is 0.134 e. The molecule has 0 aliphatic carbocycles. The normalized spacial score (nSPS) is 10.8.